The molecule has 1 heterocycles. The number of hydrogen-bond donors (Lipinski definition) is 2. The van der Waals surface area contributed by atoms with Gasteiger partial charge in [0.1, 0.15) is 5.75 Å². The molecule has 5 nitrogen and oxygen atoms in total. The van der Waals surface area contributed by atoms with Crippen molar-refractivity contribution in [2.45, 2.75) is 6.42 Å². The molecule has 0 bridgehead atoms. The van der Waals surface area contributed by atoms with Gasteiger partial charge in [0.15, 0.2) is 6.61 Å². The van der Waals surface area contributed by atoms with Crippen LogP contribution in [0.3, 0.4) is 0 Å². The van der Waals surface area contributed by atoms with Crippen LogP contribution < -0.4 is 10.1 Å². The Morgan fingerprint density at radius 3 is 2.83 bits per heavy atom. The van der Waals surface area contributed by atoms with E-state index in [0.717, 1.165) is 12.1 Å². The number of aromatic nitrogens is 2. The topological polar surface area (TPSA) is 67.0 Å². The molecule has 0 atom stereocenters. The Balaban J connectivity index is 1.63. The second-order valence-electron chi connectivity index (χ2n) is 3.78. The summed E-state index contributed by atoms with van der Waals surface area (Å²) in [6.07, 6.45) is 2.42. The molecule has 0 saturated carbocycles. The van der Waals surface area contributed by atoms with Gasteiger partial charge in [-0.2, -0.15) is 5.10 Å². The number of nitrogens with one attached hydrogen (secondary N) is 2. The van der Waals surface area contributed by atoms with Crippen molar-refractivity contribution in [1.29, 1.82) is 0 Å². The molecule has 18 heavy (non-hydrogen) atoms. The summed E-state index contributed by atoms with van der Waals surface area (Å²) in [5.74, 6) is 0.569. The van der Waals surface area contributed by atoms with Gasteiger partial charge in [-0.25, -0.2) is 0 Å². The molecule has 1 aromatic heterocycles. The molecule has 2 N–H and O–H groups in total. The van der Waals surface area contributed by atoms with Crippen LogP contribution in [0.2, 0.25) is 0 Å². The van der Waals surface area contributed by atoms with Crippen LogP contribution in [0.4, 0.5) is 0 Å². The number of para-hydroxylation sites is 1. The zero-order chi connectivity index (χ0) is 12.6. The number of hydrogen-bond acceptors (Lipinski definition) is 3. The smallest absolute Gasteiger partial charge is 0.257 e. The number of nitrogens with zero attached hydrogens (tertiary/aromatic N) is 1. The van der Waals surface area contributed by atoms with Gasteiger partial charge in [-0.1, -0.05) is 18.2 Å². The monoisotopic (exact) mass is 245 g/mol. The minimum absolute atomic E-state index is 0.0347. The van der Waals surface area contributed by atoms with Crippen LogP contribution in [0.1, 0.15) is 5.69 Å². The fraction of sp³-hybridized carbons (Fsp3) is 0.231. The molecule has 0 aliphatic rings. The van der Waals surface area contributed by atoms with E-state index in [1.54, 1.807) is 6.20 Å². The predicted octanol–water partition coefficient (Wildman–Crippen LogP) is 1.15. The van der Waals surface area contributed by atoms with E-state index in [0.29, 0.717) is 12.3 Å². The normalized spacial score (nSPS) is 10.0. The molecule has 94 valence electrons. The van der Waals surface area contributed by atoms with E-state index in [1.165, 1.54) is 0 Å². The van der Waals surface area contributed by atoms with Gasteiger partial charge in [0, 0.05) is 24.9 Å². The molecule has 2 rings (SSSR count). The molecule has 0 radical (unpaired) electrons. The van der Waals surface area contributed by atoms with Crippen LogP contribution in [0.5, 0.6) is 5.75 Å². The van der Waals surface area contributed by atoms with Crippen LogP contribution >= 0.6 is 0 Å². The largest absolute Gasteiger partial charge is 0.484 e. The molecule has 0 aliphatic heterocycles. The molecule has 0 spiro atoms. The van der Waals surface area contributed by atoms with Crippen molar-refractivity contribution in [3.63, 3.8) is 0 Å². The van der Waals surface area contributed by atoms with Crippen molar-refractivity contribution in [1.82, 2.24) is 15.5 Å². The maximum Gasteiger partial charge on any atom is 0.257 e. The van der Waals surface area contributed by atoms with Crippen molar-refractivity contribution in [3.8, 4) is 5.75 Å². The Kier molecular flexibility index (Phi) is 4.35. The van der Waals surface area contributed by atoms with Gasteiger partial charge in [-0.05, 0) is 18.2 Å². The highest BCUT2D eigenvalue weighted by atomic mass is 16.5. The molecule has 0 unspecified atom stereocenters. The van der Waals surface area contributed by atoms with Gasteiger partial charge in [0.25, 0.3) is 5.91 Å². The summed E-state index contributed by atoms with van der Waals surface area (Å²) in [7, 11) is 0. The Bertz CT molecular complexity index is 468. The first-order chi connectivity index (χ1) is 8.84. The molecule has 2 aromatic rings. The van der Waals surface area contributed by atoms with Gasteiger partial charge < -0.3 is 10.1 Å². The highest BCUT2D eigenvalue weighted by Crippen LogP contribution is 2.07. The molecule has 0 aliphatic carbocycles. The molecule has 0 saturated heterocycles. The molecule has 5 heteroatoms. The van der Waals surface area contributed by atoms with Crippen LogP contribution in [0.25, 0.3) is 0 Å². The van der Waals surface area contributed by atoms with Crippen LogP contribution in [0.15, 0.2) is 42.6 Å². The average Bonchev–Trinajstić information content (AvgIpc) is 2.91. The second-order valence-corrected chi connectivity index (χ2v) is 3.78. The fourth-order valence-corrected chi connectivity index (χ4v) is 1.48. The van der Waals surface area contributed by atoms with Crippen LogP contribution in [-0.2, 0) is 11.2 Å². The zero-order valence-electron chi connectivity index (χ0n) is 9.93. The number of carbonyl (C=O) groups excluding carboxylic acids is 1. The SMILES string of the molecule is O=C(COc1ccccc1)NCCc1ccn[nH]1. The maximum absolute atomic E-state index is 11.5. The summed E-state index contributed by atoms with van der Waals surface area (Å²) in [6, 6.07) is 11.1. The molecule has 1 amide bonds. The number of ether oxygens (including phenoxy) is 1. The minimum atomic E-state index is -0.127. The summed E-state index contributed by atoms with van der Waals surface area (Å²) in [5.41, 5.74) is 0.999. The van der Waals surface area contributed by atoms with Gasteiger partial charge in [-0.3, -0.25) is 9.89 Å². The first-order valence-corrected chi connectivity index (χ1v) is 5.77. The number of amides is 1. The molecular formula is C13H15N3O2. The highest BCUT2D eigenvalue weighted by Gasteiger charge is 2.02. The Morgan fingerprint density at radius 2 is 2.11 bits per heavy atom. The van der Waals surface area contributed by atoms with Crippen molar-refractivity contribution < 1.29 is 9.53 Å². The summed E-state index contributed by atoms with van der Waals surface area (Å²) in [6.45, 7) is 0.603. The first-order valence-electron chi connectivity index (χ1n) is 5.77. The maximum atomic E-state index is 11.5. The number of H-pyrrole nitrogens is 1. The van der Waals surface area contributed by atoms with E-state index in [-0.39, 0.29) is 12.5 Å². The average molecular weight is 245 g/mol. The fourth-order valence-electron chi connectivity index (χ4n) is 1.48. The second kappa shape index (κ2) is 6.44. The van der Waals surface area contributed by atoms with Crippen molar-refractivity contribution in [3.05, 3.63) is 48.3 Å². The lowest BCUT2D eigenvalue weighted by atomic mass is 10.3. The Hall–Kier alpha value is -2.30. The number of carbonyl (C=O) groups is 1. The summed E-state index contributed by atoms with van der Waals surface area (Å²) < 4.78 is 5.32. The van der Waals surface area contributed by atoms with E-state index in [4.69, 9.17) is 4.74 Å². The third-order valence-corrected chi connectivity index (χ3v) is 2.39. The minimum Gasteiger partial charge on any atom is -0.484 e. The number of rotatable bonds is 6. The number of benzene rings is 1. The lowest BCUT2D eigenvalue weighted by Crippen LogP contribution is -2.30. The van der Waals surface area contributed by atoms with Crippen LogP contribution in [-0.4, -0.2) is 29.3 Å². The van der Waals surface area contributed by atoms with E-state index in [2.05, 4.69) is 15.5 Å². The summed E-state index contributed by atoms with van der Waals surface area (Å²) in [5, 5.41) is 9.45. The summed E-state index contributed by atoms with van der Waals surface area (Å²) >= 11 is 0. The lowest BCUT2D eigenvalue weighted by Gasteiger charge is -2.06. The van der Waals surface area contributed by atoms with Crippen molar-refractivity contribution in [2.24, 2.45) is 0 Å². The van der Waals surface area contributed by atoms with E-state index >= 15 is 0 Å². The third kappa shape index (κ3) is 3.93. The van der Waals surface area contributed by atoms with Crippen LogP contribution in [0, 0.1) is 0 Å². The molecule has 0 fully saturated rings. The van der Waals surface area contributed by atoms with Gasteiger partial charge >= 0.3 is 0 Å². The quantitative estimate of drug-likeness (QED) is 0.802. The van der Waals surface area contributed by atoms with E-state index < -0.39 is 0 Å². The van der Waals surface area contributed by atoms with Gasteiger partial charge in [0.05, 0.1) is 0 Å². The van der Waals surface area contributed by atoms with E-state index in [9.17, 15) is 4.79 Å². The van der Waals surface area contributed by atoms with Crippen molar-refractivity contribution in [2.75, 3.05) is 13.2 Å². The van der Waals surface area contributed by atoms with Gasteiger partial charge in [-0.15, -0.1) is 0 Å². The van der Waals surface area contributed by atoms with E-state index in [1.807, 2.05) is 36.4 Å². The lowest BCUT2D eigenvalue weighted by molar-refractivity contribution is -0.123. The molecular weight excluding hydrogens is 230 g/mol. The van der Waals surface area contributed by atoms with Crippen molar-refractivity contribution >= 4 is 5.91 Å². The standard InChI is InChI=1S/C13H15N3O2/c17-13(10-18-12-4-2-1-3-5-12)14-8-6-11-7-9-15-16-11/h1-5,7,9H,6,8,10H2,(H,14,17)(H,15,16). The predicted molar refractivity (Wildman–Crippen MR) is 67.2 cm³/mol. The Labute approximate surface area is 105 Å². The first kappa shape index (κ1) is 12.2. The Morgan fingerprint density at radius 1 is 1.28 bits per heavy atom. The third-order valence-electron chi connectivity index (χ3n) is 2.39. The molecule has 1 aromatic carbocycles. The summed E-state index contributed by atoms with van der Waals surface area (Å²) in [4.78, 5) is 11.5. The van der Waals surface area contributed by atoms with Gasteiger partial charge in [0.2, 0.25) is 0 Å². The highest BCUT2D eigenvalue weighted by molar-refractivity contribution is 5.77. The zero-order valence-corrected chi connectivity index (χ0v) is 9.93. The number of aromatic amines is 1.